The number of benzene rings is 1. The summed E-state index contributed by atoms with van der Waals surface area (Å²) in [6.45, 7) is 4.59. The minimum absolute atomic E-state index is 0.00400. The van der Waals surface area contributed by atoms with Gasteiger partial charge >= 0.3 is 6.18 Å². The van der Waals surface area contributed by atoms with Crippen molar-refractivity contribution >= 4 is 5.91 Å². The summed E-state index contributed by atoms with van der Waals surface area (Å²) < 4.78 is 54.9. The van der Waals surface area contributed by atoms with Crippen LogP contribution in [0, 0.1) is 6.92 Å². The highest BCUT2D eigenvalue weighted by molar-refractivity contribution is 6.00. The Morgan fingerprint density at radius 2 is 2.00 bits per heavy atom. The number of hydrogen-bond acceptors (Lipinski definition) is 5. The van der Waals surface area contributed by atoms with Crippen molar-refractivity contribution in [2.45, 2.75) is 32.2 Å². The zero-order valence-corrected chi connectivity index (χ0v) is 14.9. The van der Waals surface area contributed by atoms with Gasteiger partial charge in [0, 0.05) is 18.5 Å². The summed E-state index contributed by atoms with van der Waals surface area (Å²) in [6, 6.07) is 4.58. The summed E-state index contributed by atoms with van der Waals surface area (Å²) in [5.41, 5.74) is -0.305. The quantitative estimate of drug-likeness (QED) is 0.854. The Labute approximate surface area is 153 Å². The maximum absolute atomic E-state index is 12.9. The number of rotatable bonds is 5. The number of carbonyl (C=O) groups is 1. The molecule has 6 nitrogen and oxygen atoms in total. The van der Waals surface area contributed by atoms with Crippen LogP contribution in [0.3, 0.4) is 0 Å². The van der Waals surface area contributed by atoms with Crippen molar-refractivity contribution in [3.8, 4) is 11.3 Å². The SMILES string of the molecule is Cc1noc(-c2cccc(C(F)(F)F)c2)c1C(=O)NCCC1(C)OCCO1. The molecule has 3 rings (SSSR count). The van der Waals surface area contributed by atoms with Crippen LogP contribution in [-0.2, 0) is 15.7 Å². The van der Waals surface area contributed by atoms with Crippen LogP contribution in [-0.4, -0.2) is 36.6 Å². The second-order valence-corrected chi connectivity index (χ2v) is 6.39. The van der Waals surface area contributed by atoms with E-state index < -0.39 is 23.4 Å². The molecular formula is C18H19F3N2O4. The van der Waals surface area contributed by atoms with Gasteiger partial charge in [0.15, 0.2) is 11.5 Å². The first-order valence-electron chi connectivity index (χ1n) is 8.40. The highest BCUT2D eigenvalue weighted by atomic mass is 19.4. The summed E-state index contributed by atoms with van der Waals surface area (Å²) in [5, 5.41) is 6.45. The summed E-state index contributed by atoms with van der Waals surface area (Å²) in [7, 11) is 0. The maximum atomic E-state index is 12.9. The van der Waals surface area contributed by atoms with E-state index in [-0.39, 0.29) is 23.4 Å². The Hall–Kier alpha value is -2.39. The van der Waals surface area contributed by atoms with Crippen molar-refractivity contribution < 1.29 is 32.0 Å². The van der Waals surface area contributed by atoms with Crippen LogP contribution < -0.4 is 5.32 Å². The number of nitrogens with one attached hydrogen (secondary N) is 1. The van der Waals surface area contributed by atoms with Crippen molar-refractivity contribution in [1.29, 1.82) is 0 Å². The molecule has 0 radical (unpaired) electrons. The Balaban J connectivity index is 1.77. The number of alkyl halides is 3. The van der Waals surface area contributed by atoms with Crippen LogP contribution in [0.25, 0.3) is 11.3 Å². The average Bonchev–Trinajstić information content (AvgIpc) is 3.20. The van der Waals surface area contributed by atoms with E-state index in [2.05, 4.69) is 10.5 Å². The predicted octanol–water partition coefficient (Wildman–Crippen LogP) is 3.55. The van der Waals surface area contributed by atoms with Crippen LogP contribution in [0.15, 0.2) is 28.8 Å². The van der Waals surface area contributed by atoms with E-state index in [1.165, 1.54) is 12.1 Å². The van der Waals surface area contributed by atoms with E-state index >= 15 is 0 Å². The molecule has 146 valence electrons. The van der Waals surface area contributed by atoms with E-state index in [0.29, 0.717) is 25.3 Å². The number of amides is 1. The molecule has 1 aromatic carbocycles. The van der Waals surface area contributed by atoms with Gasteiger partial charge in [0.25, 0.3) is 5.91 Å². The molecule has 9 heteroatoms. The number of halogens is 3. The Morgan fingerprint density at radius 1 is 1.30 bits per heavy atom. The number of ether oxygens (including phenoxy) is 2. The third-order valence-electron chi connectivity index (χ3n) is 4.30. The predicted molar refractivity (Wildman–Crippen MR) is 88.9 cm³/mol. The number of aryl methyl sites for hydroxylation is 1. The van der Waals surface area contributed by atoms with Crippen LogP contribution in [0.1, 0.15) is 35.0 Å². The van der Waals surface area contributed by atoms with E-state index in [1.54, 1.807) is 13.8 Å². The molecule has 1 saturated heterocycles. The van der Waals surface area contributed by atoms with Crippen LogP contribution in [0.4, 0.5) is 13.2 Å². The molecule has 0 saturated carbocycles. The van der Waals surface area contributed by atoms with E-state index in [9.17, 15) is 18.0 Å². The monoisotopic (exact) mass is 384 g/mol. The Bertz CT molecular complexity index is 826. The average molecular weight is 384 g/mol. The van der Waals surface area contributed by atoms with Gasteiger partial charge in [0.1, 0.15) is 5.56 Å². The number of aromatic nitrogens is 1. The van der Waals surface area contributed by atoms with Crippen molar-refractivity contribution in [1.82, 2.24) is 10.5 Å². The molecular weight excluding hydrogens is 365 g/mol. The molecule has 1 fully saturated rings. The molecule has 27 heavy (non-hydrogen) atoms. The van der Waals surface area contributed by atoms with Gasteiger partial charge in [-0.3, -0.25) is 4.79 Å². The smallest absolute Gasteiger partial charge is 0.355 e. The highest BCUT2D eigenvalue weighted by Gasteiger charge is 2.32. The fraction of sp³-hybridized carbons (Fsp3) is 0.444. The molecule has 0 unspecified atom stereocenters. The van der Waals surface area contributed by atoms with Gasteiger partial charge in [-0.2, -0.15) is 13.2 Å². The third kappa shape index (κ3) is 4.30. The van der Waals surface area contributed by atoms with Gasteiger partial charge in [-0.05, 0) is 26.0 Å². The lowest BCUT2D eigenvalue weighted by molar-refractivity contribution is -0.145. The Morgan fingerprint density at radius 3 is 2.67 bits per heavy atom. The lowest BCUT2D eigenvalue weighted by Crippen LogP contribution is -2.33. The summed E-state index contributed by atoms with van der Waals surface area (Å²) >= 11 is 0. The normalized spacial score (nSPS) is 16.5. The van der Waals surface area contributed by atoms with E-state index in [4.69, 9.17) is 14.0 Å². The first-order chi connectivity index (χ1) is 12.7. The molecule has 0 atom stereocenters. The minimum atomic E-state index is -4.50. The first-order valence-corrected chi connectivity index (χ1v) is 8.40. The molecule has 2 aromatic rings. The van der Waals surface area contributed by atoms with Gasteiger partial charge in [-0.15, -0.1) is 0 Å². The highest BCUT2D eigenvalue weighted by Crippen LogP contribution is 2.33. The first kappa shape index (κ1) is 19.4. The largest absolute Gasteiger partial charge is 0.416 e. The fourth-order valence-corrected chi connectivity index (χ4v) is 2.86. The molecule has 0 bridgehead atoms. The van der Waals surface area contributed by atoms with Crippen molar-refractivity contribution in [3.05, 3.63) is 41.1 Å². The molecule has 0 aliphatic carbocycles. The van der Waals surface area contributed by atoms with Crippen molar-refractivity contribution in [3.63, 3.8) is 0 Å². The lowest BCUT2D eigenvalue weighted by atomic mass is 10.0. The standard InChI is InChI=1S/C18H19F3N2O4/c1-11-14(16(24)22-7-6-17(2)25-8-9-26-17)15(27-23-11)12-4-3-5-13(10-12)18(19,20)21/h3-5,10H,6-9H2,1-2H3,(H,22,24). The van der Waals surface area contributed by atoms with Crippen molar-refractivity contribution in [2.75, 3.05) is 19.8 Å². The van der Waals surface area contributed by atoms with E-state index in [1.807, 2.05) is 0 Å². The number of carbonyl (C=O) groups excluding carboxylic acids is 1. The van der Waals surface area contributed by atoms with Gasteiger partial charge in [0.2, 0.25) is 0 Å². The Kier molecular flexibility index (Phi) is 5.25. The summed E-state index contributed by atoms with van der Waals surface area (Å²) in [6.07, 6.45) is -4.06. The molecule has 1 aliphatic heterocycles. The molecule has 2 heterocycles. The van der Waals surface area contributed by atoms with Gasteiger partial charge in [-0.25, -0.2) is 0 Å². The second kappa shape index (κ2) is 7.32. The third-order valence-corrected chi connectivity index (χ3v) is 4.30. The maximum Gasteiger partial charge on any atom is 0.416 e. The molecule has 1 N–H and O–H groups in total. The summed E-state index contributed by atoms with van der Waals surface area (Å²) in [5.74, 6) is -1.24. The van der Waals surface area contributed by atoms with Crippen LogP contribution >= 0.6 is 0 Å². The molecule has 0 spiro atoms. The minimum Gasteiger partial charge on any atom is -0.355 e. The molecule has 1 aromatic heterocycles. The number of hydrogen-bond donors (Lipinski definition) is 1. The zero-order chi connectivity index (χ0) is 19.7. The van der Waals surface area contributed by atoms with E-state index in [0.717, 1.165) is 12.1 Å². The van der Waals surface area contributed by atoms with Gasteiger partial charge < -0.3 is 19.3 Å². The molecule has 1 aliphatic rings. The zero-order valence-electron chi connectivity index (χ0n) is 14.9. The van der Waals surface area contributed by atoms with Crippen molar-refractivity contribution in [2.24, 2.45) is 0 Å². The topological polar surface area (TPSA) is 73.6 Å². The van der Waals surface area contributed by atoms with Crippen LogP contribution in [0.2, 0.25) is 0 Å². The molecule has 1 amide bonds. The second-order valence-electron chi connectivity index (χ2n) is 6.39. The fourth-order valence-electron chi connectivity index (χ4n) is 2.86. The summed E-state index contributed by atoms with van der Waals surface area (Å²) in [4.78, 5) is 12.6. The van der Waals surface area contributed by atoms with Gasteiger partial charge in [-0.1, -0.05) is 17.3 Å². The number of nitrogens with zero attached hydrogens (tertiary/aromatic N) is 1. The van der Waals surface area contributed by atoms with Crippen LogP contribution in [0.5, 0.6) is 0 Å². The lowest BCUT2D eigenvalue weighted by Gasteiger charge is -2.22. The van der Waals surface area contributed by atoms with Gasteiger partial charge in [0.05, 0.1) is 24.5 Å².